The molecular weight excluding hydrogens is 401 g/mol. The standard InChI is InChI=1S/C25H19F3N2O/c1-15-10-12-16(13-11-15)23-21-22(17-6-5-7-18(14-17)25(26,27)28)29-20-9-4-3-8-19(20)24(21)31-30(23)2/h3-14,23H,1-2H3. The Morgan fingerprint density at radius 2 is 1.68 bits per heavy atom. The first-order valence-electron chi connectivity index (χ1n) is 9.90. The zero-order chi connectivity index (χ0) is 21.8. The Bertz CT molecular complexity index is 1280. The van der Waals surface area contributed by atoms with Gasteiger partial charge in [-0.2, -0.15) is 13.2 Å². The zero-order valence-corrected chi connectivity index (χ0v) is 16.9. The number of hydrogen-bond donors (Lipinski definition) is 0. The molecule has 0 saturated carbocycles. The van der Waals surface area contributed by atoms with Gasteiger partial charge in [-0.15, -0.1) is 5.06 Å². The third-order valence-corrected chi connectivity index (χ3v) is 5.61. The van der Waals surface area contributed by atoms with Gasteiger partial charge in [-0.25, -0.2) is 4.98 Å². The van der Waals surface area contributed by atoms with Crippen LogP contribution in [-0.4, -0.2) is 17.1 Å². The second-order valence-electron chi connectivity index (χ2n) is 7.75. The third-order valence-electron chi connectivity index (χ3n) is 5.61. The van der Waals surface area contributed by atoms with Gasteiger partial charge >= 0.3 is 6.18 Å². The van der Waals surface area contributed by atoms with Crippen LogP contribution in [0.2, 0.25) is 0 Å². The van der Waals surface area contributed by atoms with Gasteiger partial charge < -0.3 is 4.84 Å². The second-order valence-corrected chi connectivity index (χ2v) is 7.75. The lowest BCUT2D eigenvalue weighted by molar-refractivity contribution is -0.137. The maximum atomic E-state index is 13.4. The Morgan fingerprint density at radius 1 is 0.935 bits per heavy atom. The molecule has 3 nitrogen and oxygen atoms in total. The molecule has 31 heavy (non-hydrogen) atoms. The monoisotopic (exact) mass is 420 g/mol. The minimum Gasteiger partial charge on any atom is -0.404 e. The summed E-state index contributed by atoms with van der Waals surface area (Å²) in [6.45, 7) is 2.01. The molecule has 1 atom stereocenters. The number of aryl methyl sites for hydroxylation is 1. The number of pyridine rings is 1. The Kier molecular flexibility index (Phi) is 4.48. The van der Waals surface area contributed by atoms with Crippen molar-refractivity contribution in [2.45, 2.75) is 19.1 Å². The lowest BCUT2D eigenvalue weighted by Gasteiger charge is -2.20. The average molecular weight is 420 g/mol. The van der Waals surface area contributed by atoms with Crippen LogP contribution in [0.1, 0.15) is 28.3 Å². The van der Waals surface area contributed by atoms with Crippen molar-refractivity contribution < 1.29 is 18.0 Å². The molecule has 0 N–H and O–H groups in total. The summed E-state index contributed by atoms with van der Waals surface area (Å²) in [4.78, 5) is 10.9. The van der Waals surface area contributed by atoms with Gasteiger partial charge in [0, 0.05) is 23.6 Å². The average Bonchev–Trinajstić information content (AvgIpc) is 3.10. The van der Waals surface area contributed by atoms with E-state index in [2.05, 4.69) is 0 Å². The zero-order valence-electron chi connectivity index (χ0n) is 16.9. The lowest BCUT2D eigenvalue weighted by atomic mass is 9.92. The van der Waals surface area contributed by atoms with Gasteiger partial charge in [0.1, 0.15) is 6.04 Å². The fourth-order valence-electron chi connectivity index (χ4n) is 4.12. The van der Waals surface area contributed by atoms with E-state index in [1.807, 2.05) is 62.5 Å². The van der Waals surface area contributed by atoms with E-state index >= 15 is 0 Å². The largest absolute Gasteiger partial charge is 0.416 e. The molecule has 1 aromatic heterocycles. The van der Waals surface area contributed by atoms with Crippen LogP contribution in [-0.2, 0) is 6.18 Å². The van der Waals surface area contributed by atoms with Crippen molar-refractivity contribution in [1.29, 1.82) is 0 Å². The first-order valence-corrected chi connectivity index (χ1v) is 9.90. The number of hydrogen-bond acceptors (Lipinski definition) is 3. The summed E-state index contributed by atoms with van der Waals surface area (Å²) in [5.74, 6) is 0.631. The van der Waals surface area contributed by atoms with Crippen molar-refractivity contribution in [2.75, 3.05) is 7.05 Å². The number of nitrogens with zero attached hydrogens (tertiary/aromatic N) is 2. The van der Waals surface area contributed by atoms with Gasteiger partial charge in [0.05, 0.1) is 16.8 Å². The normalized spacial score (nSPS) is 16.4. The molecule has 1 aliphatic heterocycles. The van der Waals surface area contributed by atoms with E-state index in [9.17, 15) is 13.2 Å². The molecule has 5 rings (SSSR count). The summed E-state index contributed by atoms with van der Waals surface area (Å²) in [6, 6.07) is 20.6. The van der Waals surface area contributed by atoms with Gasteiger partial charge in [0.15, 0.2) is 5.75 Å². The van der Waals surface area contributed by atoms with E-state index < -0.39 is 11.7 Å². The molecule has 4 aromatic rings. The molecule has 6 heteroatoms. The maximum Gasteiger partial charge on any atom is 0.416 e. The molecule has 2 heterocycles. The fraction of sp³-hybridized carbons (Fsp3) is 0.160. The number of alkyl halides is 3. The van der Waals surface area contributed by atoms with Crippen molar-refractivity contribution in [3.63, 3.8) is 0 Å². The Labute approximate surface area is 177 Å². The topological polar surface area (TPSA) is 25.4 Å². The van der Waals surface area contributed by atoms with Crippen LogP contribution < -0.4 is 4.84 Å². The Hall–Kier alpha value is -3.38. The summed E-state index contributed by atoms with van der Waals surface area (Å²) in [6.07, 6.45) is -4.43. The minimum absolute atomic E-state index is 0.294. The van der Waals surface area contributed by atoms with Gasteiger partial charge in [-0.1, -0.05) is 54.1 Å². The van der Waals surface area contributed by atoms with E-state index in [4.69, 9.17) is 9.82 Å². The van der Waals surface area contributed by atoms with Gasteiger partial charge in [-0.3, -0.25) is 0 Å². The van der Waals surface area contributed by atoms with Gasteiger partial charge in [0.2, 0.25) is 0 Å². The van der Waals surface area contributed by atoms with Gasteiger partial charge in [0.25, 0.3) is 0 Å². The molecule has 0 bridgehead atoms. The number of hydroxylamine groups is 2. The molecule has 0 saturated heterocycles. The molecular formula is C25H19F3N2O. The molecule has 1 unspecified atom stereocenters. The summed E-state index contributed by atoms with van der Waals surface area (Å²) < 4.78 is 40.2. The predicted molar refractivity (Wildman–Crippen MR) is 114 cm³/mol. The summed E-state index contributed by atoms with van der Waals surface area (Å²) in [5, 5.41) is 2.57. The van der Waals surface area contributed by atoms with E-state index in [-0.39, 0.29) is 6.04 Å². The van der Waals surface area contributed by atoms with Crippen LogP contribution in [0.4, 0.5) is 13.2 Å². The van der Waals surface area contributed by atoms with Crippen molar-refractivity contribution in [3.8, 4) is 17.0 Å². The smallest absolute Gasteiger partial charge is 0.404 e. The maximum absolute atomic E-state index is 13.4. The molecule has 3 aromatic carbocycles. The van der Waals surface area contributed by atoms with Gasteiger partial charge in [-0.05, 0) is 36.8 Å². The Morgan fingerprint density at radius 3 is 2.42 bits per heavy atom. The quantitative estimate of drug-likeness (QED) is 0.367. The Balaban J connectivity index is 1.80. The summed E-state index contributed by atoms with van der Waals surface area (Å²) in [7, 11) is 1.83. The van der Waals surface area contributed by atoms with Crippen LogP contribution in [0.25, 0.3) is 22.2 Å². The SMILES string of the molecule is Cc1ccc(C2c3c(-c4cccc(C(F)(F)F)c4)nc4ccccc4c3ON2C)cc1. The van der Waals surface area contributed by atoms with Crippen LogP contribution in [0.15, 0.2) is 72.8 Å². The van der Waals surface area contributed by atoms with E-state index in [0.717, 1.165) is 34.2 Å². The van der Waals surface area contributed by atoms with Crippen LogP contribution in [0.3, 0.4) is 0 Å². The lowest BCUT2D eigenvalue weighted by Crippen LogP contribution is -2.22. The fourth-order valence-corrected chi connectivity index (χ4v) is 4.12. The molecule has 1 aliphatic rings. The van der Waals surface area contributed by atoms with E-state index in [1.165, 1.54) is 6.07 Å². The third kappa shape index (κ3) is 3.33. The number of halogens is 3. The van der Waals surface area contributed by atoms with Crippen LogP contribution >= 0.6 is 0 Å². The molecule has 0 fully saturated rings. The predicted octanol–water partition coefficient (Wildman–Crippen LogP) is 6.56. The highest BCUT2D eigenvalue weighted by molar-refractivity contribution is 5.91. The van der Waals surface area contributed by atoms with Crippen molar-refractivity contribution in [1.82, 2.24) is 10.0 Å². The van der Waals surface area contributed by atoms with Crippen molar-refractivity contribution in [2.24, 2.45) is 0 Å². The molecule has 0 amide bonds. The minimum atomic E-state index is -4.43. The molecule has 0 radical (unpaired) electrons. The number of rotatable bonds is 2. The number of benzene rings is 3. The summed E-state index contributed by atoms with van der Waals surface area (Å²) in [5.41, 5.74) is 3.75. The van der Waals surface area contributed by atoms with E-state index in [0.29, 0.717) is 22.5 Å². The highest BCUT2D eigenvalue weighted by atomic mass is 19.4. The highest BCUT2D eigenvalue weighted by Crippen LogP contribution is 2.48. The number of para-hydroxylation sites is 1. The molecule has 156 valence electrons. The van der Waals surface area contributed by atoms with E-state index in [1.54, 1.807) is 11.1 Å². The second kappa shape index (κ2) is 7.10. The number of fused-ring (bicyclic) bond motifs is 3. The first kappa shape index (κ1) is 19.6. The van der Waals surface area contributed by atoms with Crippen LogP contribution in [0.5, 0.6) is 5.75 Å². The van der Waals surface area contributed by atoms with Crippen LogP contribution in [0, 0.1) is 6.92 Å². The van der Waals surface area contributed by atoms with Crippen molar-refractivity contribution >= 4 is 10.9 Å². The first-order chi connectivity index (χ1) is 14.8. The molecule has 0 aliphatic carbocycles. The summed E-state index contributed by atoms with van der Waals surface area (Å²) >= 11 is 0. The number of aromatic nitrogens is 1. The van der Waals surface area contributed by atoms with Crippen molar-refractivity contribution in [3.05, 3.63) is 95.1 Å². The highest BCUT2D eigenvalue weighted by Gasteiger charge is 2.37. The molecule has 0 spiro atoms.